The summed E-state index contributed by atoms with van der Waals surface area (Å²) in [4.78, 5) is 24.5. The van der Waals surface area contributed by atoms with E-state index < -0.39 is 105 Å². The van der Waals surface area contributed by atoms with E-state index in [1.807, 2.05) is 0 Å². The van der Waals surface area contributed by atoms with Gasteiger partial charge in [0.1, 0.15) is 61.2 Å². The quantitative estimate of drug-likeness (QED) is 0.0679. The van der Waals surface area contributed by atoms with Gasteiger partial charge in [0.05, 0.1) is 38.1 Å². The number of hydrogen-bond acceptors (Lipinski definition) is 17. The van der Waals surface area contributed by atoms with Gasteiger partial charge in [0.15, 0.2) is 12.6 Å². The summed E-state index contributed by atoms with van der Waals surface area (Å²) >= 11 is 0. The van der Waals surface area contributed by atoms with Crippen molar-refractivity contribution in [2.45, 2.75) is 74.1 Å². The summed E-state index contributed by atoms with van der Waals surface area (Å²) < 4.78 is 38.3. The summed E-state index contributed by atoms with van der Waals surface area (Å²) in [7, 11) is 1.22. The fourth-order valence-corrected chi connectivity index (χ4v) is 6.06. The van der Waals surface area contributed by atoms with Crippen molar-refractivity contribution in [1.29, 1.82) is 0 Å². The molecule has 0 bridgehead atoms. The molecule has 1 aromatic rings. The van der Waals surface area contributed by atoms with Gasteiger partial charge >= 0.3 is 11.9 Å². The van der Waals surface area contributed by atoms with Gasteiger partial charge in [0.25, 0.3) is 0 Å². The Balaban J connectivity index is 1.19. The minimum absolute atomic E-state index is 0.0487. The molecule has 4 aliphatic rings. The van der Waals surface area contributed by atoms with Gasteiger partial charge in [-0.2, -0.15) is 0 Å². The van der Waals surface area contributed by atoms with Crippen LogP contribution in [-0.2, 0) is 42.7 Å². The van der Waals surface area contributed by atoms with Crippen molar-refractivity contribution in [3.8, 4) is 5.75 Å². The summed E-state index contributed by atoms with van der Waals surface area (Å²) in [6, 6.07) is 5.98. The van der Waals surface area contributed by atoms with E-state index in [0.717, 1.165) is 12.3 Å². The van der Waals surface area contributed by atoms with Crippen molar-refractivity contribution >= 4 is 18.0 Å². The predicted molar refractivity (Wildman–Crippen MR) is 160 cm³/mol. The first kappa shape index (κ1) is 36.8. The second-order valence-electron chi connectivity index (χ2n) is 11.9. The molecule has 0 amide bonds. The highest BCUT2D eigenvalue weighted by Gasteiger charge is 2.51. The molecule has 3 aliphatic heterocycles. The molecule has 49 heavy (non-hydrogen) atoms. The molecule has 0 radical (unpaired) electrons. The zero-order chi connectivity index (χ0) is 35.4. The summed E-state index contributed by atoms with van der Waals surface area (Å²) in [6.45, 7) is -1.51. The van der Waals surface area contributed by atoms with Gasteiger partial charge in [-0.05, 0) is 35.8 Å². The predicted octanol–water partition coefficient (Wildman–Crippen LogP) is -2.43. The molecule has 3 heterocycles. The highest BCUT2D eigenvalue weighted by atomic mass is 16.8. The standard InChI is InChI=1S/C32H40O17/c1-43-29(42)18-11-45-30(22-15(10-33)5-8-17(18)22)49-32-28(41)26(39)24(37)20(48-32)13-46-31-27(40)25(38)23(36)19(47-31)12-44-21(35)9-4-14-2-6-16(34)7-3-14/h2-7,9,11,17,19-20,22-28,30-34,36-41H,8,10,12-13H2,1H3/t17-,19-,20-,22+,23-,24-,25+,26+,27-,28-,30-,31+,32-/m1/s1. The average molecular weight is 697 g/mol. The number of carbonyl (C=O) groups excluding carboxylic acids is 2. The second-order valence-corrected chi connectivity index (χ2v) is 11.9. The van der Waals surface area contributed by atoms with E-state index >= 15 is 0 Å². The number of allylic oxidation sites excluding steroid dienone is 1. The summed E-state index contributed by atoms with van der Waals surface area (Å²) in [6.07, 6.45) is -12.0. The van der Waals surface area contributed by atoms with Crippen LogP contribution in [0.5, 0.6) is 5.75 Å². The molecule has 0 aromatic heterocycles. The lowest BCUT2D eigenvalue weighted by atomic mass is 9.83. The Bertz CT molecular complexity index is 1390. The number of fused-ring (bicyclic) bond motifs is 1. The molecule has 8 N–H and O–H groups in total. The zero-order valence-corrected chi connectivity index (χ0v) is 26.2. The van der Waals surface area contributed by atoms with Crippen molar-refractivity contribution in [3.63, 3.8) is 0 Å². The molecule has 1 aromatic carbocycles. The molecule has 17 nitrogen and oxygen atoms in total. The van der Waals surface area contributed by atoms with E-state index in [4.69, 9.17) is 33.2 Å². The van der Waals surface area contributed by atoms with Gasteiger partial charge in [0, 0.05) is 12.0 Å². The van der Waals surface area contributed by atoms with Crippen LogP contribution >= 0.6 is 0 Å². The first-order valence-electron chi connectivity index (χ1n) is 15.5. The van der Waals surface area contributed by atoms with Gasteiger partial charge in [0.2, 0.25) is 6.29 Å². The van der Waals surface area contributed by atoms with Crippen molar-refractivity contribution in [2.24, 2.45) is 11.8 Å². The number of methoxy groups -OCH3 is 1. The summed E-state index contributed by atoms with van der Waals surface area (Å²) in [5.41, 5.74) is 1.32. The van der Waals surface area contributed by atoms with Crippen LogP contribution < -0.4 is 0 Å². The van der Waals surface area contributed by atoms with E-state index in [1.54, 1.807) is 18.2 Å². The number of hydrogen-bond donors (Lipinski definition) is 8. The van der Waals surface area contributed by atoms with Crippen molar-refractivity contribution < 1.29 is 83.6 Å². The maximum Gasteiger partial charge on any atom is 0.337 e. The van der Waals surface area contributed by atoms with Crippen LogP contribution in [0.1, 0.15) is 12.0 Å². The largest absolute Gasteiger partial charge is 0.508 e. The number of phenolic OH excluding ortho intramolecular Hbond substituents is 1. The molecule has 1 aliphatic carbocycles. The molecule has 0 unspecified atom stereocenters. The summed E-state index contributed by atoms with van der Waals surface area (Å²) in [5, 5.41) is 82.6. The van der Waals surface area contributed by atoms with Gasteiger partial charge in [-0.15, -0.1) is 0 Å². The molecular weight excluding hydrogens is 656 g/mol. The zero-order valence-electron chi connectivity index (χ0n) is 26.2. The normalized spacial score (nSPS) is 37.5. The molecule has 5 rings (SSSR count). The monoisotopic (exact) mass is 696 g/mol. The number of ether oxygens (including phenoxy) is 7. The topological polar surface area (TPSA) is 261 Å². The Morgan fingerprint density at radius 1 is 0.857 bits per heavy atom. The number of aliphatic hydroxyl groups excluding tert-OH is 7. The third-order valence-electron chi connectivity index (χ3n) is 8.85. The number of esters is 2. The van der Waals surface area contributed by atoms with E-state index in [-0.39, 0.29) is 17.9 Å². The van der Waals surface area contributed by atoms with Gasteiger partial charge in [-0.25, -0.2) is 9.59 Å². The lowest BCUT2D eigenvalue weighted by molar-refractivity contribution is -0.352. The minimum Gasteiger partial charge on any atom is -0.508 e. The van der Waals surface area contributed by atoms with Gasteiger partial charge < -0.3 is 74.0 Å². The van der Waals surface area contributed by atoms with Crippen LogP contribution in [0.2, 0.25) is 0 Å². The SMILES string of the molecule is COC(=O)C1=CO[C@H](O[C@H]2O[C@H](CO[C@H]3O[C@H](COC(=O)C=Cc4ccc(O)cc4)[C@@H](O)[C@H](O)[C@H]3O)[C@@H](O)[C@H](O)[C@H]2O)[C@H]2C(CO)=CC[C@H]12. The van der Waals surface area contributed by atoms with E-state index in [9.17, 15) is 50.4 Å². The molecule has 270 valence electrons. The third kappa shape index (κ3) is 8.13. The number of benzene rings is 1. The van der Waals surface area contributed by atoms with Gasteiger partial charge in [-0.3, -0.25) is 0 Å². The molecule has 17 heteroatoms. The minimum atomic E-state index is -1.81. The Kier molecular flexibility index (Phi) is 12.1. The lowest BCUT2D eigenvalue weighted by Gasteiger charge is -2.44. The Hall–Kier alpha value is -3.46. The molecule has 0 spiro atoms. The fourth-order valence-electron chi connectivity index (χ4n) is 6.06. The van der Waals surface area contributed by atoms with Crippen LogP contribution in [0.25, 0.3) is 6.08 Å². The fraction of sp³-hybridized carbons (Fsp3) is 0.562. The molecule has 0 saturated carbocycles. The number of aliphatic hydroxyl groups is 7. The van der Waals surface area contributed by atoms with Crippen molar-refractivity contribution in [1.82, 2.24) is 0 Å². The maximum absolute atomic E-state index is 12.3. The second kappa shape index (κ2) is 16.0. The van der Waals surface area contributed by atoms with Gasteiger partial charge in [-0.1, -0.05) is 18.2 Å². The Labute approximate surface area is 279 Å². The van der Waals surface area contributed by atoms with Crippen molar-refractivity contribution in [3.05, 3.63) is 59.4 Å². The highest BCUT2D eigenvalue weighted by Crippen LogP contribution is 2.44. The van der Waals surface area contributed by atoms with Crippen LogP contribution in [-0.4, -0.2) is 147 Å². The van der Waals surface area contributed by atoms with Crippen LogP contribution in [0.4, 0.5) is 0 Å². The smallest absolute Gasteiger partial charge is 0.337 e. The van der Waals surface area contributed by atoms with Crippen molar-refractivity contribution in [2.75, 3.05) is 26.9 Å². The number of aromatic hydroxyl groups is 1. The molecule has 2 fully saturated rings. The van der Waals surface area contributed by atoms with Crippen LogP contribution in [0, 0.1) is 11.8 Å². The first-order chi connectivity index (χ1) is 23.4. The third-order valence-corrected chi connectivity index (χ3v) is 8.85. The first-order valence-corrected chi connectivity index (χ1v) is 15.5. The van der Waals surface area contributed by atoms with Crippen LogP contribution in [0.15, 0.2) is 53.8 Å². The lowest BCUT2D eigenvalue weighted by Crippen LogP contribution is -2.62. The van der Waals surface area contributed by atoms with E-state index in [1.165, 1.54) is 25.3 Å². The number of carbonyl (C=O) groups is 2. The Morgan fingerprint density at radius 2 is 1.49 bits per heavy atom. The molecular formula is C32H40O17. The highest BCUT2D eigenvalue weighted by molar-refractivity contribution is 5.89. The van der Waals surface area contributed by atoms with Crippen LogP contribution in [0.3, 0.4) is 0 Å². The van der Waals surface area contributed by atoms with E-state index in [0.29, 0.717) is 17.6 Å². The number of rotatable bonds is 11. The molecule has 2 saturated heterocycles. The average Bonchev–Trinajstić information content (AvgIpc) is 3.55. The number of phenols is 1. The van der Waals surface area contributed by atoms with E-state index in [2.05, 4.69) is 0 Å². The Morgan fingerprint density at radius 3 is 2.14 bits per heavy atom. The summed E-state index contributed by atoms with van der Waals surface area (Å²) in [5.74, 6) is -2.54. The molecule has 13 atom stereocenters. The maximum atomic E-state index is 12.3.